The van der Waals surface area contributed by atoms with Gasteiger partial charge in [-0.05, 0) is 20.3 Å². The van der Waals surface area contributed by atoms with E-state index in [9.17, 15) is 9.59 Å². The number of aliphatic carboxylic acids is 1. The second-order valence-electron chi connectivity index (χ2n) is 4.24. The minimum atomic E-state index is -0.883. The van der Waals surface area contributed by atoms with E-state index in [4.69, 9.17) is 5.11 Å². The Balaban J connectivity index is 4.27. The highest BCUT2D eigenvalue weighted by Gasteiger charge is 2.18. The van der Waals surface area contributed by atoms with Crippen LogP contribution in [0.1, 0.15) is 40.0 Å². The van der Waals surface area contributed by atoms with Crippen LogP contribution in [0.4, 0.5) is 4.79 Å². The zero-order chi connectivity index (χ0) is 12.7. The Kier molecular flexibility index (Phi) is 6.53. The van der Waals surface area contributed by atoms with Gasteiger partial charge in [0, 0.05) is 19.1 Å². The third-order valence-corrected chi connectivity index (χ3v) is 2.48. The lowest BCUT2D eigenvalue weighted by atomic mass is 10.1. The monoisotopic (exact) mass is 230 g/mol. The average molecular weight is 230 g/mol. The molecular formula is C11H22N2O3. The maximum Gasteiger partial charge on any atom is 0.317 e. The molecule has 0 spiro atoms. The molecule has 16 heavy (non-hydrogen) atoms. The Morgan fingerprint density at radius 1 is 1.38 bits per heavy atom. The Hall–Kier alpha value is -1.26. The van der Waals surface area contributed by atoms with Crippen LogP contribution in [0.5, 0.6) is 0 Å². The van der Waals surface area contributed by atoms with Crippen molar-refractivity contribution in [3.8, 4) is 0 Å². The Labute approximate surface area is 96.8 Å². The van der Waals surface area contributed by atoms with Crippen LogP contribution in [0.3, 0.4) is 0 Å². The predicted octanol–water partition coefficient (Wildman–Crippen LogP) is 1.68. The van der Waals surface area contributed by atoms with Gasteiger partial charge in [-0.1, -0.05) is 13.3 Å². The van der Waals surface area contributed by atoms with Gasteiger partial charge in [0.2, 0.25) is 0 Å². The summed E-state index contributed by atoms with van der Waals surface area (Å²) in [5.41, 5.74) is 0. The summed E-state index contributed by atoms with van der Waals surface area (Å²) >= 11 is 0. The first-order valence-corrected chi connectivity index (χ1v) is 5.63. The third kappa shape index (κ3) is 5.58. The number of nitrogens with one attached hydrogen (secondary N) is 1. The fourth-order valence-corrected chi connectivity index (χ4v) is 1.30. The van der Waals surface area contributed by atoms with Crippen LogP contribution in [-0.4, -0.2) is 41.1 Å². The largest absolute Gasteiger partial charge is 0.481 e. The zero-order valence-corrected chi connectivity index (χ0v) is 10.5. The molecule has 0 fully saturated rings. The summed E-state index contributed by atoms with van der Waals surface area (Å²) < 4.78 is 0. The van der Waals surface area contributed by atoms with E-state index in [1.807, 2.05) is 20.8 Å². The van der Waals surface area contributed by atoms with Crippen molar-refractivity contribution in [1.29, 1.82) is 0 Å². The van der Waals surface area contributed by atoms with Gasteiger partial charge in [-0.3, -0.25) is 4.79 Å². The second-order valence-corrected chi connectivity index (χ2v) is 4.24. The molecule has 0 aromatic rings. The number of amides is 2. The highest BCUT2D eigenvalue weighted by molar-refractivity contribution is 5.75. The van der Waals surface area contributed by atoms with E-state index in [2.05, 4.69) is 5.32 Å². The number of rotatable bonds is 6. The SMILES string of the molecule is CCCC(CC(=O)O)NC(=O)N(C)C(C)C. The molecule has 94 valence electrons. The highest BCUT2D eigenvalue weighted by Crippen LogP contribution is 2.04. The summed E-state index contributed by atoms with van der Waals surface area (Å²) in [4.78, 5) is 23.8. The summed E-state index contributed by atoms with van der Waals surface area (Å²) in [5, 5.41) is 11.4. The molecule has 0 radical (unpaired) electrons. The van der Waals surface area contributed by atoms with Gasteiger partial charge in [0.15, 0.2) is 0 Å². The maximum atomic E-state index is 11.7. The molecule has 0 aliphatic heterocycles. The maximum absolute atomic E-state index is 11.7. The second kappa shape index (κ2) is 7.09. The van der Waals surface area contributed by atoms with Crippen molar-refractivity contribution in [3.05, 3.63) is 0 Å². The first-order chi connectivity index (χ1) is 7.38. The number of carboxylic acid groups (broad SMARTS) is 1. The molecule has 0 aliphatic rings. The summed E-state index contributed by atoms with van der Waals surface area (Å²) in [6.45, 7) is 5.78. The number of carboxylic acids is 1. The summed E-state index contributed by atoms with van der Waals surface area (Å²) in [6.07, 6.45) is 1.51. The third-order valence-electron chi connectivity index (χ3n) is 2.48. The van der Waals surface area contributed by atoms with Gasteiger partial charge < -0.3 is 15.3 Å². The van der Waals surface area contributed by atoms with Gasteiger partial charge in [-0.15, -0.1) is 0 Å². The molecule has 0 saturated carbocycles. The van der Waals surface area contributed by atoms with Crippen LogP contribution < -0.4 is 5.32 Å². The smallest absolute Gasteiger partial charge is 0.317 e. The number of nitrogens with zero attached hydrogens (tertiary/aromatic N) is 1. The molecule has 1 atom stereocenters. The minimum Gasteiger partial charge on any atom is -0.481 e. The quantitative estimate of drug-likeness (QED) is 0.729. The van der Waals surface area contributed by atoms with Crippen LogP contribution in [-0.2, 0) is 4.79 Å². The van der Waals surface area contributed by atoms with Gasteiger partial charge in [0.1, 0.15) is 0 Å². The van der Waals surface area contributed by atoms with Crippen LogP contribution in [0.15, 0.2) is 0 Å². The molecule has 0 bridgehead atoms. The number of hydrogen-bond acceptors (Lipinski definition) is 2. The van der Waals surface area contributed by atoms with Crippen molar-refractivity contribution in [2.75, 3.05) is 7.05 Å². The summed E-state index contributed by atoms with van der Waals surface area (Å²) in [6, 6.07) is -0.391. The highest BCUT2D eigenvalue weighted by atomic mass is 16.4. The topological polar surface area (TPSA) is 69.6 Å². The number of carbonyl (C=O) groups excluding carboxylic acids is 1. The molecule has 0 aliphatic carbocycles. The van der Waals surface area contributed by atoms with Crippen LogP contribution >= 0.6 is 0 Å². The molecule has 0 aromatic carbocycles. The molecule has 0 heterocycles. The van der Waals surface area contributed by atoms with E-state index in [1.165, 1.54) is 0 Å². The van der Waals surface area contributed by atoms with E-state index in [1.54, 1.807) is 11.9 Å². The first-order valence-electron chi connectivity index (χ1n) is 5.63. The van der Waals surface area contributed by atoms with E-state index in [0.29, 0.717) is 6.42 Å². The molecule has 5 heteroatoms. The molecule has 0 saturated heterocycles. The van der Waals surface area contributed by atoms with E-state index in [-0.39, 0.29) is 24.5 Å². The van der Waals surface area contributed by atoms with E-state index < -0.39 is 5.97 Å². The number of hydrogen-bond donors (Lipinski definition) is 2. The number of urea groups is 1. The van der Waals surface area contributed by atoms with Crippen molar-refractivity contribution < 1.29 is 14.7 Å². The van der Waals surface area contributed by atoms with Crippen molar-refractivity contribution in [3.63, 3.8) is 0 Å². The van der Waals surface area contributed by atoms with Gasteiger partial charge in [-0.2, -0.15) is 0 Å². The molecule has 2 N–H and O–H groups in total. The van der Waals surface area contributed by atoms with Crippen LogP contribution in [0, 0.1) is 0 Å². The fourth-order valence-electron chi connectivity index (χ4n) is 1.30. The normalized spacial score (nSPS) is 12.3. The van der Waals surface area contributed by atoms with E-state index in [0.717, 1.165) is 6.42 Å². The van der Waals surface area contributed by atoms with Crippen molar-refractivity contribution in [2.24, 2.45) is 0 Å². The van der Waals surface area contributed by atoms with E-state index >= 15 is 0 Å². The van der Waals surface area contributed by atoms with Crippen molar-refractivity contribution in [1.82, 2.24) is 10.2 Å². The predicted molar refractivity (Wildman–Crippen MR) is 62.4 cm³/mol. The molecule has 2 amide bonds. The van der Waals surface area contributed by atoms with Crippen LogP contribution in [0.2, 0.25) is 0 Å². The van der Waals surface area contributed by atoms with Crippen LogP contribution in [0.25, 0.3) is 0 Å². The Morgan fingerprint density at radius 3 is 2.31 bits per heavy atom. The van der Waals surface area contributed by atoms with Crippen molar-refractivity contribution in [2.45, 2.75) is 52.1 Å². The van der Waals surface area contributed by atoms with Gasteiger partial charge in [0.05, 0.1) is 6.42 Å². The minimum absolute atomic E-state index is 0.0223. The summed E-state index contributed by atoms with van der Waals surface area (Å²) in [7, 11) is 1.70. The molecule has 5 nitrogen and oxygen atoms in total. The Bertz CT molecular complexity index is 241. The molecule has 0 aromatic heterocycles. The first kappa shape index (κ1) is 14.7. The summed E-state index contributed by atoms with van der Waals surface area (Å²) in [5.74, 6) is -0.883. The van der Waals surface area contributed by atoms with Crippen molar-refractivity contribution >= 4 is 12.0 Å². The fraction of sp³-hybridized carbons (Fsp3) is 0.818. The van der Waals surface area contributed by atoms with Gasteiger partial charge in [0.25, 0.3) is 0 Å². The molecule has 1 unspecified atom stereocenters. The van der Waals surface area contributed by atoms with Gasteiger partial charge >= 0.3 is 12.0 Å². The zero-order valence-electron chi connectivity index (χ0n) is 10.5. The molecular weight excluding hydrogens is 208 g/mol. The lowest BCUT2D eigenvalue weighted by Gasteiger charge is -2.25. The molecule has 0 rings (SSSR count). The average Bonchev–Trinajstić information content (AvgIpc) is 2.15. The lowest BCUT2D eigenvalue weighted by Crippen LogP contribution is -2.46. The lowest BCUT2D eigenvalue weighted by molar-refractivity contribution is -0.137. The number of carbonyl (C=O) groups is 2. The Morgan fingerprint density at radius 2 is 1.94 bits per heavy atom. The van der Waals surface area contributed by atoms with Gasteiger partial charge in [-0.25, -0.2) is 4.79 Å². The standard InChI is InChI=1S/C11H22N2O3/c1-5-6-9(7-10(14)15)12-11(16)13(4)8(2)3/h8-9H,5-7H2,1-4H3,(H,12,16)(H,14,15).